The number of benzene rings is 1. The zero-order valence-electron chi connectivity index (χ0n) is 9.52. The molecule has 0 radical (unpaired) electrons. The third-order valence-corrected chi connectivity index (χ3v) is 3.35. The van der Waals surface area contributed by atoms with Gasteiger partial charge in [0, 0.05) is 0 Å². The number of nitrogens with two attached hydrogens (primary N) is 1. The van der Waals surface area contributed by atoms with Crippen LogP contribution in [0.4, 0.5) is 5.69 Å². The predicted molar refractivity (Wildman–Crippen MR) is 53.3 cm³/mol. The van der Waals surface area contributed by atoms with Gasteiger partial charge in [-0.1, -0.05) is 0 Å². The molecule has 8 nitrogen and oxygen atoms in total. The maximum Gasteiger partial charge on any atom is 1.00 e. The van der Waals surface area contributed by atoms with Crippen molar-refractivity contribution in [1.29, 1.82) is 0 Å². The van der Waals surface area contributed by atoms with Crippen LogP contribution >= 0.6 is 0 Å². The van der Waals surface area contributed by atoms with Gasteiger partial charge in [-0.15, -0.1) is 0 Å². The van der Waals surface area contributed by atoms with E-state index in [-0.39, 0.29) is 52.8 Å². The standard InChI is InChI=1S/C6H7NO7S2.K.H/c7-4-1-3(15(9,10)11)2-5(6(4)8)16(12,13)14;;/h1-2,8H,7H2,(H,9,10,11)(H,12,13,14);;/q;+1;-1. The number of phenols is 1. The normalized spacial score (nSPS) is 11.9. The summed E-state index contributed by atoms with van der Waals surface area (Å²) in [6.07, 6.45) is 0. The van der Waals surface area contributed by atoms with Crippen molar-refractivity contribution in [1.82, 2.24) is 0 Å². The minimum atomic E-state index is -4.84. The monoisotopic (exact) mass is 309 g/mol. The molecular weight excluding hydrogens is 301 g/mol. The van der Waals surface area contributed by atoms with Crippen LogP contribution in [0.25, 0.3) is 0 Å². The summed E-state index contributed by atoms with van der Waals surface area (Å²) in [4.78, 5) is -1.95. The molecule has 1 rings (SSSR count). The SMILES string of the molecule is Nc1cc(S(=O)(=O)O)cc(S(=O)(=O)O)c1O.[H-].[K+]. The van der Waals surface area contributed by atoms with Crippen LogP contribution in [-0.4, -0.2) is 31.0 Å². The van der Waals surface area contributed by atoms with Gasteiger partial charge in [-0.25, -0.2) is 0 Å². The molecular formula is C6H8KNO7S2. The van der Waals surface area contributed by atoms with Gasteiger partial charge < -0.3 is 12.3 Å². The molecule has 0 atom stereocenters. The molecule has 5 N–H and O–H groups in total. The quantitative estimate of drug-likeness (QED) is 0.190. The van der Waals surface area contributed by atoms with Crippen molar-refractivity contribution < 1.29 is 83.9 Å². The Bertz CT molecular complexity index is 642. The number of rotatable bonds is 2. The number of hydrogen-bond acceptors (Lipinski definition) is 6. The zero-order chi connectivity index (χ0) is 12.7. The van der Waals surface area contributed by atoms with E-state index in [0.717, 1.165) is 0 Å². The van der Waals surface area contributed by atoms with Crippen LogP contribution in [0.1, 0.15) is 1.43 Å². The number of aromatic hydroxyl groups is 1. The Kier molecular flexibility index (Phi) is 5.59. The van der Waals surface area contributed by atoms with Crippen molar-refractivity contribution in [2.45, 2.75) is 9.79 Å². The van der Waals surface area contributed by atoms with Gasteiger partial charge in [-0.2, -0.15) is 16.8 Å². The smallest absolute Gasteiger partial charge is 1.00 e. The second-order valence-corrected chi connectivity index (χ2v) is 5.62. The summed E-state index contributed by atoms with van der Waals surface area (Å²) in [7, 11) is -9.54. The first kappa shape index (κ1) is 17.3. The molecule has 11 heteroatoms. The molecule has 0 aliphatic heterocycles. The van der Waals surface area contributed by atoms with Crippen LogP contribution in [0, 0.1) is 0 Å². The summed E-state index contributed by atoms with van der Waals surface area (Å²) in [5.74, 6) is -0.991. The zero-order valence-corrected chi connectivity index (χ0v) is 13.3. The number of hydrogen-bond donors (Lipinski definition) is 4. The van der Waals surface area contributed by atoms with E-state index in [1.165, 1.54) is 0 Å². The summed E-state index contributed by atoms with van der Waals surface area (Å²) < 4.78 is 60.2. The maximum atomic E-state index is 10.7. The molecule has 0 bridgehead atoms. The first-order chi connectivity index (χ1) is 7.03. The molecule has 0 aromatic heterocycles. The summed E-state index contributed by atoms with van der Waals surface area (Å²) >= 11 is 0. The Morgan fingerprint density at radius 1 is 1.06 bits per heavy atom. The predicted octanol–water partition coefficient (Wildman–Crippen LogP) is -3.42. The molecule has 92 valence electrons. The molecule has 0 aliphatic carbocycles. The Morgan fingerprint density at radius 3 is 1.88 bits per heavy atom. The van der Waals surface area contributed by atoms with E-state index in [2.05, 4.69) is 0 Å². The number of anilines is 1. The fraction of sp³-hybridized carbons (Fsp3) is 0. The minimum Gasteiger partial charge on any atom is -1.00 e. The fourth-order valence-corrected chi connectivity index (χ4v) is 2.20. The molecule has 1 aromatic carbocycles. The Labute approximate surface area is 141 Å². The molecule has 0 saturated heterocycles. The van der Waals surface area contributed by atoms with E-state index in [1.54, 1.807) is 0 Å². The van der Waals surface area contributed by atoms with Crippen molar-refractivity contribution >= 4 is 25.9 Å². The van der Waals surface area contributed by atoms with Crippen LogP contribution in [0.3, 0.4) is 0 Å². The van der Waals surface area contributed by atoms with Crippen molar-refractivity contribution in [3.8, 4) is 5.75 Å². The molecule has 0 aliphatic rings. The minimum absolute atomic E-state index is 0. The van der Waals surface area contributed by atoms with E-state index >= 15 is 0 Å². The van der Waals surface area contributed by atoms with E-state index in [4.69, 9.17) is 14.8 Å². The average Bonchev–Trinajstić information content (AvgIpc) is 2.05. The molecule has 17 heavy (non-hydrogen) atoms. The summed E-state index contributed by atoms with van der Waals surface area (Å²) in [6.45, 7) is 0. The fourth-order valence-electron chi connectivity index (χ4n) is 0.949. The van der Waals surface area contributed by atoms with Crippen LogP contribution in [0.5, 0.6) is 5.75 Å². The molecule has 0 fully saturated rings. The Morgan fingerprint density at radius 2 is 1.53 bits per heavy atom. The van der Waals surface area contributed by atoms with Gasteiger partial charge in [0.25, 0.3) is 20.2 Å². The maximum absolute atomic E-state index is 10.7. The van der Waals surface area contributed by atoms with Crippen molar-refractivity contribution in [2.24, 2.45) is 0 Å². The van der Waals surface area contributed by atoms with Gasteiger partial charge in [-0.3, -0.25) is 9.11 Å². The Hall–Kier alpha value is 0.276. The van der Waals surface area contributed by atoms with Crippen LogP contribution < -0.4 is 57.1 Å². The van der Waals surface area contributed by atoms with Crippen LogP contribution in [0.2, 0.25) is 0 Å². The summed E-state index contributed by atoms with van der Waals surface area (Å²) in [5, 5.41) is 9.18. The molecule has 0 saturated carbocycles. The third kappa shape index (κ3) is 4.15. The van der Waals surface area contributed by atoms with Gasteiger partial charge in [0.2, 0.25) is 0 Å². The first-order valence-corrected chi connectivity index (χ1v) is 6.49. The van der Waals surface area contributed by atoms with E-state index < -0.39 is 41.5 Å². The van der Waals surface area contributed by atoms with Crippen molar-refractivity contribution in [2.75, 3.05) is 5.73 Å². The summed E-state index contributed by atoms with van der Waals surface area (Å²) in [6, 6.07) is 1.04. The number of nitrogen functional groups attached to an aromatic ring is 1. The average molecular weight is 309 g/mol. The van der Waals surface area contributed by atoms with Gasteiger partial charge >= 0.3 is 51.4 Å². The third-order valence-electron chi connectivity index (χ3n) is 1.65. The van der Waals surface area contributed by atoms with Crippen LogP contribution in [-0.2, 0) is 20.2 Å². The Balaban J connectivity index is 0. The number of phenolic OH excluding ortho intramolecular Hbond substituents is 1. The molecule has 0 spiro atoms. The second kappa shape index (κ2) is 5.50. The van der Waals surface area contributed by atoms with Crippen molar-refractivity contribution in [3.63, 3.8) is 0 Å². The molecule has 0 amide bonds. The molecule has 0 unspecified atom stereocenters. The topological polar surface area (TPSA) is 155 Å². The van der Waals surface area contributed by atoms with Gasteiger partial charge in [-0.05, 0) is 12.1 Å². The van der Waals surface area contributed by atoms with Gasteiger partial charge in [0.1, 0.15) is 4.90 Å². The second-order valence-electron chi connectivity index (χ2n) is 2.81. The van der Waals surface area contributed by atoms with E-state index in [0.29, 0.717) is 12.1 Å². The largest absolute Gasteiger partial charge is 1.00 e. The first-order valence-electron chi connectivity index (χ1n) is 3.61. The van der Waals surface area contributed by atoms with E-state index in [9.17, 15) is 21.9 Å². The van der Waals surface area contributed by atoms with E-state index in [1.807, 2.05) is 0 Å². The molecule has 0 heterocycles. The van der Waals surface area contributed by atoms with Gasteiger partial charge in [0.15, 0.2) is 5.75 Å². The van der Waals surface area contributed by atoms with Gasteiger partial charge in [0.05, 0.1) is 10.6 Å². The van der Waals surface area contributed by atoms with Crippen LogP contribution in [0.15, 0.2) is 21.9 Å². The molecule has 1 aromatic rings. The van der Waals surface area contributed by atoms with Crippen molar-refractivity contribution in [3.05, 3.63) is 12.1 Å². The summed E-state index contributed by atoms with van der Waals surface area (Å²) in [5.41, 5.74) is 4.51.